The molecule has 0 spiro atoms. The lowest BCUT2D eigenvalue weighted by molar-refractivity contribution is 0.411. The summed E-state index contributed by atoms with van der Waals surface area (Å²) in [5.41, 5.74) is -0.159. The smallest absolute Gasteiger partial charge is 0.322 e. The van der Waals surface area contributed by atoms with Crippen LogP contribution in [0.2, 0.25) is 0 Å². The van der Waals surface area contributed by atoms with Crippen LogP contribution in [-0.2, 0) is 10.0 Å². The first-order valence-electron chi connectivity index (χ1n) is 7.08. The van der Waals surface area contributed by atoms with Crippen molar-refractivity contribution in [1.29, 1.82) is 0 Å². The van der Waals surface area contributed by atoms with Crippen molar-refractivity contribution >= 4 is 15.7 Å². The second-order valence-electron chi connectivity index (χ2n) is 4.94. The van der Waals surface area contributed by atoms with Gasteiger partial charge in [0.05, 0.1) is 18.1 Å². The Hall–Kier alpha value is -3.14. The van der Waals surface area contributed by atoms with Crippen LogP contribution in [0, 0.1) is 17.5 Å². The van der Waals surface area contributed by atoms with E-state index in [2.05, 4.69) is 9.97 Å². The van der Waals surface area contributed by atoms with E-state index < -0.39 is 32.4 Å². The molecule has 0 bridgehead atoms. The van der Waals surface area contributed by atoms with Gasteiger partial charge in [0, 0.05) is 0 Å². The van der Waals surface area contributed by atoms with Gasteiger partial charge in [0.25, 0.3) is 10.0 Å². The summed E-state index contributed by atoms with van der Waals surface area (Å²) in [7, 11) is -4.53. The normalized spacial score (nSPS) is 11.2. The summed E-state index contributed by atoms with van der Waals surface area (Å²) >= 11 is 0. The van der Waals surface area contributed by atoms with Gasteiger partial charge < -0.3 is 4.74 Å². The molecule has 0 saturated carbocycles. The Morgan fingerprint density at radius 2 is 1.42 bits per heavy atom. The first kappa shape index (κ1) is 17.7. The molecule has 0 saturated heterocycles. The van der Waals surface area contributed by atoms with Gasteiger partial charge in [-0.2, -0.15) is 0 Å². The Balaban J connectivity index is 1.80. The molecule has 10 heteroatoms. The largest absolute Gasteiger partial charge is 0.421 e. The number of aromatic nitrogens is 2. The maximum atomic E-state index is 13.6. The lowest BCUT2D eigenvalue weighted by Gasteiger charge is -2.09. The van der Waals surface area contributed by atoms with Crippen molar-refractivity contribution in [2.45, 2.75) is 4.90 Å². The quantitative estimate of drug-likeness (QED) is 0.732. The molecule has 1 aromatic heterocycles. The predicted octanol–water partition coefficient (Wildman–Crippen LogP) is 3.49. The molecule has 0 aliphatic heterocycles. The van der Waals surface area contributed by atoms with E-state index in [1.807, 2.05) is 4.72 Å². The molecule has 0 unspecified atom stereocenters. The van der Waals surface area contributed by atoms with E-state index in [9.17, 15) is 21.6 Å². The topological polar surface area (TPSA) is 81.2 Å². The molecular formula is C16H10F3N3O3S. The second-order valence-corrected chi connectivity index (χ2v) is 6.56. The van der Waals surface area contributed by atoms with Crippen LogP contribution >= 0.6 is 0 Å². The first-order valence-corrected chi connectivity index (χ1v) is 8.56. The van der Waals surface area contributed by atoms with Crippen molar-refractivity contribution in [1.82, 2.24) is 9.97 Å². The van der Waals surface area contributed by atoms with Crippen LogP contribution in [-0.4, -0.2) is 18.4 Å². The lowest BCUT2D eigenvalue weighted by atomic mass is 10.3. The summed E-state index contributed by atoms with van der Waals surface area (Å²) in [5, 5.41) is 0. The number of rotatable bonds is 5. The number of sulfonamides is 1. The van der Waals surface area contributed by atoms with Gasteiger partial charge in [0.15, 0.2) is 16.5 Å². The molecule has 26 heavy (non-hydrogen) atoms. The minimum Gasteiger partial charge on any atom is -0.421 e. The fourth-order valence-corrected chi connectivity index (χ4v) is 3.16. The highest BCUT2D eigenvalue weighted by Gasteiger charge is 2.24. The zero-order valence-corrected chi connectivity index (χ0v) is 13.7. The summed E-state index contributed by atoms with van der Waals surface area (Å²) in [6, 6.07) is 8.00. The highest BCUT2D eigenvalue weighted by molar-refractivity contribution is 7.92. The lowest BCUT2D eigenvalue weighted by Crippen LogP contribution is -2.16. The monoisotopic (exact) mass is 381 g/mol. The van der Waals surface area contributed by atoms with Crippen LogP contribution in [0.15, 0.2) is 59.8 Å². The molecule has 6 nitrogen and oxygen atoms in total. The second kappa shape index (κ2) is 7.00. The zero-order valence-electron chi connectivity index (χ0n) is 12.9. The van der Waals surface area contributed by atoms with E-state index in [1.54, 1.807) is 6.07 Å². The minimum absolute atomic E-state index is 0.116. The van der Waals surface area contributed by atoms with Gasteiger partial charge >= 0.3 is 6.01 Å². The minimum atomic E-state index is -4.53. The maximum Gasteiger partial charge on any atom is 0.322 e. The number of benzene rings is 2. The molecule has 3 aromatic rings. The van der Waals surface area contributed by atoms with Crippen LogP contribution in [0.1, 0.15) is 0 Å². The Morgan fingerprint density at radius 3 is 2.04 bits per heavy atom. The number of nitrogens with zero attached hydrogens (tertiary/aromatic N) is 2. The molecule has 0 aliphatic rings. The summed E-state index contributed by atoms with van der Waals surface area (Å²) in [6.45, 7) is 0. The van der Waals surface area contributed by atoms with Gasteiger partial charge in [-0.3, -0.25) is 4.72 Å². The van der Waals surface area contributed by atoms with E-state index in [0.717, 1.165) is 30.6 Å². The van der Waals surface area contributed by atoms with Crippen molar-refractivity contribution in [3.8, 4) is 11.8 Å². The van der Waals surface area contributed by atoms with Gasteiger partial charge in [0.1, 0.15) is 11.6 Å². The summed E-state index contributed by atoms with van der Waals surface area (Å²) < 4.78 is 72.1. The van der Waals surface area contributed by atoms with Gasteiger partial charge in [0.2, 0.25) is 0 Å². The van der Waals surface area contributed by atoms with E-state index in [0.29, 0.717) is 0 Å². The Labute approximate surface area is 146 Å². The number of halogens is 3. The molecule has 3 rings (SSSR count). The van der Waals surface area contributed by atoms with Gasteiger partial charge in [-0.1, -0.05) is 18.2 Å². The molecule has 1 N–H and O–H groups in total. The zero-order chi connectivity index (χ0) is 18.7. The Kier molecular flexibility index (Phi) is 4.76. The van der Waals surface area contributed by atoms with Crippen molar-refractivity contribution in [2.24, 2.45) is 0 Å². The first-order chi connectivity index (χ1) is 12.4. The fraction of sp³-hybridized carbons (Fsp3) is 0. The molecule has 0 aliphatic carbocycles. The van der Waals surface area contributed by atoms with Crippen LogP contribution in [0.3, 0.4) is 0 Å². The van der Waals surface area contributed by atoms with E-state index in [4.69, 9.17) is 4.74 Å². The van der Waals surface area contributed by atoms with Gasteiger partial charge in [-0.25, -0.2) is 31.6 Å². The standard InChI is InChI=1S/C16H10F3N3O3S/c17-11-4-1-2-7-14(11)25-16-20-8-10(9-21-16)22-26(23,24)15-12(18)5-3-6-13(15)19/h1-9,22H. The molecular weight excluding hydrogens is 371 g/mol. The number of para-hydroxylation sites is 1. The molecule has 1 heterocycles. The maximum absolute atomic E-state index is 13.6. The van der Waals surface area contributed by atoms with E-state index >= 15 is 0 Å². The van der Waals surface area contributed by atoms with Gasteiger partial charge in [-0.15, -0.1) is 0 Å². The molecule has 0 radical (unpaired) electrons. The predicted molar refractivity (Wildman–Crippen MR) is 85.7 cm³/mol. The molecule has 134 valence electrons. The van der Waals surface area contributed by atoms with Crippen LogP contribution < -0.4 is 9.46 Å². The molecule has 2 aromatic carbocycles. The SMILES string of the molecule is O=S(=O)(Nc1cnc(Oc2ccccc2F)nc1)c1c(F)cccc1F. The van der Waals surface area contributed by atoms with Gasteiger partial charge in [-0.05, 0) is 24.3 Å². The van der Waals surface area contributed by atoms with Crippen LogP contribution in [0.5, 0.6) is 11.8 Å². The number of hydrogen-bond donors (Lipinski definition) is 1. The average molecular weight is 381 g/mol. The summed E-state index contributed by atoms with van der Waals surface area (Å²) in [5.74, 6) is -3.22. The van der Waals surface area contributed by atoms with Crippen molar-refractivity contribution in [2.75, 3.05) is 4.72 Å². The molecule has 0 amide bonds. The highest BCUT2D eigenvalue weighted by Crippen LogP contribution is 2.23. The van der Waals surface area contributed by atoms with Crippen LogP contribution in [0.25, 0.3) is 0 Å². The third-order valence-corrected chi connectivity index (χ3v) is 4.54. The highest BCUT2D eigenvalue weighted by atomic mass is 32.2. The Morgan fingerprint density at radius 1 is 0.846 bits per heavy atom. The van der Waals surface area contributed by atoms with E-state index in [-0.39, 0.29) is 17.4 Å². The third-order valence-electron chi connectivity index (χ3n) is 3.11. The summed E-state index contributed by atoms with van der Waals surface area (Å²) in [6.07, 6.45) is 2.03. The molecule has 0 atom stereocenters. The number of nitrogens with one attached hydrogen (secondary N) is 1. The third kappa shape index (κ3) is 3.75. The van der Waals surface area contributed by atoms with Crippen molar-refractivity contribution in [3.05, 3.63) is 72.3 Å². The molecule has 0 fully saturated rings. The van der Waals surface area contributed by atoms with E-state index in [1.165, 1.54) is 18.2 Å². The van der Waals surface area contributed by atoms with Crippen molar-refractivity contribution in [3.63, 3.8) is 0 Å². The fourth-order valence-electron chi connectivity index (χ4n) is 1.99. The van der Waals surface area contributed by atoms with Crippen LogP contribution in [0.4, 0.5) is 18.9 Å². The summed E-state index contributed by atoms with van der Waals surface area (Å²) in [4.78, 5) is 6.33. The average Bonchev–Trinajstić information content (AvgIpc) is 2.58. The van der Waals surface area contributed by atoms with Crippen molar-refractivity contribution < 1.29 is 26.3 Å². The Bertz CT molecular complexity index is 1020. The number of ether oxygens (including phenoxy) is 1. The number of anilines is 1. The number of hydrogen-bond acceptors (Lipinski definition) is 5.